The number of rotatable bonds is 7. The van der Waals surface area contributed by atoms with Gasteiger partial charge in [-0.2, -0.15) is 0 Å². The molecule has 1 aliphatic heterocycles. The first kappa shape index (κ1) is 28.6. The third-order valence-corrected chi connectivity index (χ3v) is 9.45. The lowest BCUT2D eigenvalue weighted by molar-refractivity contribution is -0.171. The van der Waals surface area contributed by atoms with E-state index in [9.17, 15) is 14.4 Å². The first-order valence-corrected chi connectivity index (χ1v) is 15.6. The van der Waals surface area contributed by atoms with Gasteiger partial charge >= 0.3 is 0 Å². The van der Waals surface area contributed by atoms with E-state index < -0.39 is 0 Å². The molecular weight excluding hydrogens is 518 g/mol. The molecule has 0 spiro atoms. The molecule has 5 nitrogen and oxygen atoms in total. The highest BCUT2D eigenvalue weighted by Crippen LogP contribution is 2.41. The van der Waals surface area contributed by atoms with Crippen molar-refractivity contribution in [2.75, 3.05) is 6.61 Å². The highest BCUT2D eigenvalue weighted by Gasteiger charge is 2.51. The summed E-state index contributed by atoms with van der Waals surface area (Å²) in [6.45, 7) is 0.285. The summed E-state index contributed by atoms with van der Waals surface area (Å²) in [6, 6.07) is 9.67. The van der Waals surface area contributed by atoms with E-state index in [0.29, 0.717) is 17.0 Å². The van der Waals surface area contributed by atoms with Gasteiger partial charge in [0.1, 0.15) is 18.3 Å². The number of imide groups is 1. The first-order chi connectivity index (χ1) is 19.5. The lowest BCUT2D eigenvalue weighted by Crippen LogP contribution is -2.64. The van der Waals surface area contributed by atoms with Gasteiger partial charge in [0.05, 0.1) is 24.1 Å². The second-order valence-electron chi connectivity index (χ2n) is 11.7. The highest BCUT2D eigenvalue weighted by atomic mass is 32.1. The van der Waals surface area contributed by atoms with Crippen LogP contribution in [0.15, 0.2) is 59.7 Å². The third kappa shape index (κ3) is 6.67. The van der Waals surface area contributed by atoms with Gasteiger partial charge in [-0.25, -0.2) is 0 Å². The lowest BCUT2D eigenvalue weighted by Gasteiger charge is -2.48. The monoisotopic (exact) mass is 558 g/mol. The van der Waals surface area contributed by atoms with Crippen LogP contribution in [0.25, 0.3) is 0 Å². The predicted octanol–water partition coefficient (Wildman–Crippen LogP) is 6.86. The summed E-state index contributed by atoms with van der Waals surface area (Å²) in [6.07, 6.45) is 21.1. The minimum atomic E-state index is -0.254. The van der Waals surface area contributed by atoms with Crippen molar-refractivity contribution in [3.05, 3.63) is 71.3 Å². The van der Waals surface area contributed by atoms with Crippen LogP contribution in [0.3, 0.4) is 0 Å². The van der Waals surface area contributed by atoms with Gasteiger partial charge in [-0.05, 0) is 43.8 Å². The Morgan fingerprint density at radius 2 is 1.60 bits per heavy atom. The second kappa shape index (κ2) is 13.6. The number of nitrogens with zero attached hydrogens (tertiary/aromatic N) is 1. The molecule has 3 fully saturated rings. The number of β-lactam (4-membered cyclic amide) rings is 1. The number of hydrogen-bond acceptors (Lipinski definition) is 5. The molecule has 0 aromatic heterocycles. The molecule has 0 bridgehead atoms. The maximum atomic E-state index is 13.9. The van der Waals surface area contributed by atoms with Crippen LogP contribution in [0.5, 0.6) is 0 Å². The Bertz CT molecular complexity index is 1200. The Labute approximate surface area is 243 Å². The van der Waals surface area contributed by atoms with Gasteiger partial charge in [-0.15, -0.1) is 0 Å². The Morgan fingerprint density at radius 3 is 2.33 bits per heavy atom. The normalized spacial score (nSPS) is 26.8. The fourth-order valence-electron chi connectivity index (χ4n) is 6.78. The van der Waals surface area contributed by atoms with Gasteiger partial charge in [0.25, 0.3) is 0 Å². The number of carbonyl (C=O) groups excluding carboxylic acids is 3. The zero-order valence-electron chi connectivity index (χ0n) is 23.3. The molecule has 1 aromatic rings. The van der Waals surface area contributed by atoms with E-state index in [0.717, 1.165) is 75.3 Å². The predicted molar refractivity (Wildman–Crippen MR) is 159 cm³/mol. The Balaban J connectivity index is 1.21. The van der Waals surface area contributed by atoms with Crippen LogP contribution in [0.1, 0.15) is 89.0 Å². The number of ketones is 1. The van der Waals surface area contributed by atoms with Gasteiger partial charge in [0.15, 0.2) is 10.6 Å². The summed E-state index contributed by atoms with van der Waals surface area (Å²) in [7, 11) is 0. The van der Waals surface area contributed by atoms with Crippen molar-refractivity contribution in [3.8, 4) is 0 Å². The molecule has 0 radical (unpaired) electrons. The fourth-order valence-corrected chi connectivity index (χ4v) is 6.98. The Kier molecular flexibility index (Phi) is 9.72. The van der Waals surface area contributed by atoms with Crippen LogP contribution in [0.4, 0.5) is 0 Å². The quantitative estimate of drug-likeness (QED) is 0.158. The van der Waals surface area contributed by atoms with Gasteiger partial charge in [0, 0.05) is 24.0 Å². The third-order valence-electron chi connectivity index (χ3n) is 9.09. The first-order valence-electron chi connectivity index (χ1n) is 15.2. The van der Waals surface area contributed by atoms with Crippen molar-refractivity contribution in [2.45, 2.75) is 89.5 Å². The van der Waals surface area contributed by atoms with Gasteiger partial charge in [-0.1, -0.05) is 81.7 Å². The summed E-state index contributed by atoms with van der Waals surface area (Å²) in [5, 5.41) is 0.431. The number of benzene rings is 1. The van der Waals surface area contributed by atoms with E-state index in [1.807, 2.05) is 42.5 Å². The number of likely N-dealkylation sites (tertiary alicyclic amines) is 1. The van der Waals surface area contributed by atoms with Crippen molar-refractivity contribution >= 4 is 34.9 Å². The molecule has 1 heterocycles. The van der Waals surface area contributed by atoms with E-state index in [1.165, 1.54) is 12.8 Å². The molecule has 4 atom stereocenters. The largest absolute Gasteiger partial charge is 0.475 e. The zero-order valence-corrected chi connectivity index (χ0v) is 24.1. The molecular formula is C34H40NO4S+. The summed E-state index contributed by atoms with van der Waals surface area (Å²) in [5.74, 6) is -0.214. The molecule has 4 aliphatic rings. The van der Waals surface area contributed by atoms with E-state index in [2.05, 4.69) is 6.08 Å². The van der Waals surface area contributed by atoms with Gasteiger partial charge < -0.3 is 4.74 Å². The lowest BCUT2D eigenvalue weighted by atomic mass is 9.73. The van der Waals surface area contributed by atoms with Crippen LogP contribution in [0, 0.1) is 23.8 Å². The summed E-state index contributed by atoms with van der Waals surface area (Å²) in [4.78, 5) is 42.0. The smallest absolute Gasteiger partial charge is 0.234 e. The zero-order chi connectivity index (χ0) is 27.9. The average molecular weight is 559 g/mol. The van der Waals surface area contributed by atoms with Crippen LogP contribution in [-0.4, -0.2) is 40.2 Å². The molecule has 2 amide bonds. The number of Topliss-reactive ketones (excluding diaryl/α,β-unsaturated/α-hetero) is 1. The molecule has 1 saturated heterocycles. The number of fused-ring (bicyclic) bond motifs is 1. The molecule has 40 heavy (non-hydrogen) atoms. The molecule has 2 saturated carbocycles. The van der Waals surface area contributed by atoms with Gasteiger partial charge in [0.2, 0.25) is 17.6 Å². The summed E-state index contributed by atoms with van der Waals surface area (Å²) >= 11 is 5.37. The Morgan fingerprint density at radius 1 is 0.900 bits per heavy atom. The maximum absolute atomic E-state index is 13.9. The van der Waals surface area contributed by atoms with Gasteiger partial charge in [-0.3, -0.25) is 19.3 Å². The molecule has 1 aromatic carbocycles. The molecule has 6 heteroatoms. The number of allylic oxidation sites excluding steroid dienone is 4. The van der Waals surface area contributed by atoms with Crippen LogP contribution < -0.4 is 0 Å². The fraction of sp³-hybridized carbons (Fsp3) is 0.529. The molecule has 0 N–H and O–H groups in total. The topological polar surface area (TPSA) is 63.7 Å². The molecule has 3 aliphatic carbocycles. The van der Waals surface area contributed by atoms with Crippen molar-refractivity contribution in [2.24, 2.45) is 17.8 Å². The molecule has 210 valence electrons. The molecule has 0 unspecified atom stereocenters. The van der Waals surface area contributed by atoms with Crippen molar-refractivity contribution in [1.82, 2.24) is 4.90 Å². The molecule has 5 rings (SSSR count). The van der Waals surface area contributed by atoms with E-state index in [4.69, 9.17) is 17.0 Å². The summed E-state index contributed by atoms with van der Waals surface area (Å²) < 4.78 is 5.75. The number of ether oxygens (including phenoxy) is 1. The van der Waals surface area contributed by atoms with Crippen molar-refractivity contribution < 1.29 is 19.1 Å². The maximum Gasteiger partial charge on any atom is 0.234 e. The van der Waals surface area contributed by atoms with E-state index in [-0.39, 0.29) is 48.0 Å². The second-order valence-corrected chi connectivity index (χ2v) is 12.1. The van der Waals surface area contributed by atoms with Crippen LogP contribution in [-0.2, 0) is 19.1 Å². The number of carbonyl (C=O) groups is 3. The number of hydrogen-bond donors (Lipinski definition) is 0. The van der Waals surface area contributed by atoms with E-state index in [1.54, 1.807) is 11.0 Å². The average Bonchev–Trinajstić information content (AvgIpc) is 2.95. The standard InChI is InChI=1S/C34H40NO4S/c36-31(25-20-18-24(19-21-25)23-39-34(40)26-12-7-5-8-13-26)22-27-14-6-1-2-9-15-28(27)32(37)35-30-17-11-4-3-10-16-29(30)33(35)38/h5,7-8,12-13,18,20-21,27-30H,1-4,6,9-11,14-17,22-23H2/q+1/t27-,28-,29-,30+/m1/s1. The van der Waals surface area contributed by atoms with E-state index >= 15 is 0 Å². The Hall–Kier alpha value is -2.95. The number of amides is 2. The highest BCUT2D eigenvalue weighted by molar-refractivity contribution is 7.80. The van der Waals surface area contributed by atoms with Crippen LogP contribution in [0.2, 0.25) is 0 Å². The SMILES string of the molecule is O=C(C[C@H]1CCCCCC[C@H]1C(=O)N1C(=O)[C@@H]2CCCCCC[C@@H]21)C1=C[C+]=C(COC(=S)c2ccccc2)C=C1. The number of thiocarbonyl (C=S) groups is 1. The van der Waals surface area contributed by atoms with Crippen LogP contribution >= 0.6 is 12.2 Å². The summed E-state index contributed by atoms with van der Waals surface area (Å²) in [5.41, 5.74) is 2.28. The van der Waals surface area contributed by atoms with Crippen molar-refractivity contribution in [3.63, 3.8) is 0 Å². The minimum absolute atomic E-state index is 0.0139. The van der Waals surface area contributed by atoms with Crippen molar-refractivity contribution in [1.29, 1.82) is 0 Å². The minimum Gasteiger partial charge on any atom is -0.475 e.